The van der Waals surface area contributed by atoms with Crippen LogP contribution in [0.1, 0.15) is 13.8 Å². The topological polar surface area (TPSA) is 52.4 Å². The Kier molecular flexibility index (Phi) is 3.96. The van der Waals surface area contributed by atoms with E-state index in [-0.39, 0.29) is 5.69 Å². The average molecular weight is 227 g/mol. The Balaban J connectivity index is 3.02. The lowest BCUT2D eigenvalue weighted by atomic mass is 10.3. The second-order valence-corrected chi connectivity index (χ2v) is 4.91. The van der Waals surface area contributed by atoms with Crippen LogP contribution in [0, 0.1) is 10.1 Å². The first-order valence-electron chi connectivity index (χ1n) is 4.53. The van der Waals surface area contributed by atoms with Gasteiger partial charge >= 0.3 is 5.69 Å². The predicted octanol–water partition coefficient (Wildman–Crippen LogP) is 3.10. The summed E-state index contributed by atoms with van der Waals surface area (Å²) in [6.45, 7) is 4.14. The van der Waals surface area contributed by atoms with Crippen LogP contribution in [0.5, 0.6) is 5.75 Å². The predicted molar refractivity (Wildman–Crippen MR) is 60.6 cm³/mol. The molecule has 0 aromatic heterocycles. The van der Waals surface area contributed by atoms with Crippen LogP contribution < -0.4 is 4.74 Å². The van der Waals surface area contributed by atoms with Crippen LogP contribution in [0.25, 0.3) is 0 Å². The van der Waals surface area contributed by atoms with Gasteiger partial charge in [-0.25, -0.2) is 0 Å². The third-order valence-corrected chi connectivity index (χ3v) is 2.72. The lowest BCUT2D eigenvalue weighted by Crippen LogP contribution is -1.94. The molecule has 0 fully saturated rings. The van der Waals surface area contributed by atoms with E-state index in [1.165, 1.54) is 13.2 Å². The maximum absolute atomic E-state index is 10.6. The van der Waals surface area contributed by atoms with E-state index in [4.69, 9.17) is 4.74 Å². The Morgan fingerprint density at radius 2 is 2.13 bits per heavy atom. The third kappa shape index (κ3) is 3.13. The first kappa shape index (κ1) is 11.8. The van der Waals surface area contributed by atoms with Gasteiger partial charge in [0.2, 0.25) is 0 Å². The van der Waals surface area contributed by atoms with Crippen molar-refractivity contribution < 1.29 is 9.66 Å². The summed E-state index contributed by atoms with van der Waals surface area (Å²) in [5, 5.41) is 11.1. The maximum Gasteiger partial charge on any atom is 0.310 e. The van der Waals surface area contributed by atoms with Crippen LogP contribution >= 0.6 is 11.8 Å². The Bertz CT molecular complexity index is 366. The zero-order valence-electron chi connectivity index (χ0n) is 8.89. The van der Waals surface area contributed by atoms with E-state index in [2.05, 4.69) is 13.8 Å². The van der Waals surface area contributed by atoms with E-state index >= 15 is 0 Å². The lowest BCUT2D eigenvalue weighted by Gasteiger charge is -2.07. The summed E-state index contributed by atoms with van der Waals surface area (Å²) in [7, 11) is 1.44. The molecule has 0 unspecified atom stereocenters. The number of rotatable bonds is 4. The highest BCUT2D eigenvalue weighted by molar-refractivity contribution is 7.99. The molecule has 5 heteroatoms. The van der Waals surface area contributed by atoms with Gasteiger partial charge in [0.05, 0.1) is 12.0 Å². The van der Waals surface area contributed by atoms with E-state index in [0.29, 0.717) is 11.0 Å². The minimum atomic E-state index is -0.442. The van der Waals surface area contributed by atoms with Gasteiger partial charge in [0, 0.05) is 22.3 Å². The number of ether oxygens (including phenoxy) is 1. The van der Waals surface area contributed by atoms with Crippen molar-refractivity contribution in [1.82, 2.24) is 0 Å². The van der Waals surface area contributed by atoms with Crippen molar-refractivity contribution in [1.29, 1.82) is 0 Å². The SMILES string of the molecule is COc1cc(SC(C)C)ccc1[N+](=O)[O-]. The Morgan fingerprint density at radius 3 is 2.60 bits per heavy atom. The summed E-state index contributed by atoms with van der Waals surface area (Å²) in [6.07, 6.45) is 0. The van der Waals surface area contributed by atoms with Crippen molar-refractivity contribution in [2.45, 2.75) is 24.0 Å². The summed E-state index contributed by atoms with van der Waals surface area (Å²) in [4.78, 5) is 11.2. The monoisotopic (exact) mass is 227 g/mol. The van der Waals surface area contributed by atoms with Crippen LogP contribution in [0.15, 0.2) is 23.1 Å². The number of hydrogen-bond acceptors (Lipinski definition) is 4. The molecule has 0 amide bonds. The fourth-order valence-corrected chi connectivity index (χ4v) is 2.02. The smallest absolute Gasteiger partial charge is 0.310 e. The molecule has 0 spiro atoms. The summed E-state index contributed by atoms with van der Waals surface area (Å²) < 4.78 is 4.97. The van der Waals surface area contributed by atoms with Gasteiger partial charge in [0.15, 0.2) is 5.75 Å². The van der Waals surface area contributed by atoms with Crippen molar-refractivity contribution in [2.75, 3.05) is 7.11 Å². The average Bonchev–Trinajstić information content (AvgIpc) is 2.16. The Morgan fingerprint density at radius 1 is 1.47 bits per heavy atom. The van der Waals surface area contributed by atoms with Crippen molar-refractivity contribution in [3.63, 3.8) is 0 Å². The molecule has 0 bridgehead atoms. The largest absolute Gasteiger partial charge is 0.490 e. The number of nitro groups is 1. The molecule has 0 N–H and O–H groups in total. The summed E-state index contributed by atoms with van der Waals surface area (Å²) in [5.74, 6) is 0.311. The minimum Gasteiger partial charge on any atom is -0.490 e. The highest BCUT2D eigenvalue weighted by atomic mass is 32.2. The molecule has 0 saturated heterocycles. The van der Waals surface area contributed by atoms with Gasteiger partial charge in [-0.3, -0.25) is 10.1 Å². The molecule has 1 aromatic rings. The second-order valence-electron chi connectivity index (χ2n) is 3.26. The number of nitrogens with zero attached hydrogens (tertiary/aromatic N) is 1. The molecule has 1 aromatic carbocycles. The van der Waals surface area contributed by atoms with Crippen LogP contribution in [0.2, 0.25) is 0 Å². The summed E-state index contributed by atoms with van der Waals surface area (Å²) >= 11 is 1.65. The van der Waals surface area contributed by atoms with Crippen LogP contribution in [-0.4, -0.2) is 17.3 Å². The summed E-state index contributed by atoms with van der Waals surface area (Å²) in [5.41, 5.74) is 0.00519. The van der Waals surface area contributed by atoms with Crippen molar-refractivity contribution in [3.8, 4) is 5.75 Å². The highest BCUT2D eigenvalue weighted by Crippen LogP contribution is 2.33. The zero-order chi connectivity index (χ0) is 11.4. The number of hydrogen-bond donors (Lipinski definition) is 0. The molecular formula is C10H13NO3S. The van der Waals surface area contributed by atoms with Gasteiger partial charge in [-0.1, -0.05) is 13.8 Å². The van der Waals surface area contributed by atoms with Gasteiger partial charge < -0.3 is 4.74 Å². The van der Waals surface area contributed by atoms with Gasteiger partial charge in [0.1, 0.15) is 0 Å². The van der Waals surface area contributed by atoms with E-state index in [1.54, 1.807) is 23.9 Å². The fraction of sp³-hybridized carbons (Fsp3) is 0.400. The zero-order valence-corrected chi connectivity index (χ0v) is 9.71. The number of benzene rings is 1. The van der Waals surface area contributed by atoms with Crippen molar-refractivity contribution in [2.24, 2.45) is 0 Å². The number of thioether (sulfide) groups is 1. The molecular weight excluding hydrogens is 214 g/mol. The van der Waals surface area contributed by atoms with Gasteiger partial charge in [-0.15, -0.1) is 11.8 Å². The van der Waals surface area contributed by atoms with E-state index in [1.807, 2.05) is 0 Å². The minimum absolute atomic E-state index is 0.00519. The normalized spacial score (nSPS) is 10.4. The van der Waals surface area contributed by atoms with E-state index in [0.717, 1.165) is 4.90 Å². The highest BCUT2D eigenvalue weighted by Gasteiger charge is 2.14. The standard InChI is InChI=1S/C10H13NO3S/c1-7(2)15-8-4-5-9(11(12)13)10(6-8)14-3/h4-7H,1-3H3. The molecule has 0 radical (unpaired) electrons. The van der Waals surface area contributed by atoms with Gasteiger partial charge in [0.25, 0.3) is 0 Å². The third-order valence-electron chi connectivity index (χ3n) is 1.72. The lowest BCUT2D eigenvalue weighted by molar-refractivity contribution is -0.385. The molecule has 0 atom stereocenters. The van der Waals surface area contributed by atoms with Crippen LogP contribution in [0.4, 0.5) is 5.69 Å². The van der Waals surface area contributed by atoms with Gasteiger partial charge in [-0.05, 0) is 6.07 Å². The van der Waals surface area contributed by atoms with Gasteiger partial charge in [-0.2, -0.15) is 0 Å². The first-order chi connectivity index (χ1) is 7.04. The molecule has 0 aliphatic carbocycles. The first-order valence-corrected chi connectivity index (χ1v) is 5.41. The number of nitro benzene ring substituents is 1. The van der Waals surface area contributed by atoms with Crippen molar-refractivity contribution >= 4 is 17.4 Å². The molecule has 0 aliphatic rings. The summed E-state index contributed by atoms with van der Waals surface area (Å²) in [6, 6.07) is 4.91. The van der Waals surface area contributed by atoms with Crippen molar-refractivity contribution in [3.05, 3.63) is 28.3 Å². The maximum atomic E-state index is 10.6. The molecule has 4 nitrogen and oxygen atoms in total. The molecule has 82 valence electrons. The fourth-order valence-electron chi connectivity index (χ4n) is 1.15. The van der Waals surface area contributed by atoms with E-state index in [9.17, 15) is 10.1 Å². The Hall–Kier alpha value is -1.23. The van der Waals surface area contributed by atoms with Crippen LogP contribution in [-0.2, 0) is 0 Å². The molecule has 0 saturated carbocycles. The Labute approximate surface area is 92.8 Å². The second kappa shape index (κ2) is 5.02. The molecule has 0 heterocycles. The molecule has 0 aliphatic heterocycles. The molecule has 1 rings (SSSR count). The quantitative estimate of drug-likeness (QED) is 0.450. The number of methoxy groups -OCH3 is 1. The van der Waals surface area contributed by atoms with Crippen LogP contribution in [0.3, 0.4) is 0 Å². The molecule has 15 heavy (non-hydrogen) atoms. The van der Waals surface area contributed by atoms with E-state index < -0.39 is 4.92 Å².